The standard InChI is InChI=1S/C14H20N2OS/c1-16(13-4-2-12(15)3-5-13)14(17)10-11-6-8-18-9-7-11/h2-5,11H,6-10,15H2,1H3. The Kier molecular flexibility index (Phi) is 4.53. The first-order chi connectivity index (χ1) is 8.66. The van der Waals surface area contributed by atoms with Crippen molar-refractivity contribution in [2.45, 2.75) is 19.3 Å². The summed E-state index contributed by atoms with van der Waals surface area (Å²) in [5, 5.41) is 0. The van der Waals surface area contributed by atoms with Crippen LogP contribution < -0.4 is 10.6 Å². The lowest BCUT2D eigenvalue weighted by atomic mass is 9.98. The molecule has 0 saturated carbocycles. The Morgan fingerprint density at radius 3 is 2.56 bits per heavy atom. The Morgan fingerprint density at radius 2 is 1.94 bits per heavy atom. The molecule has 1 aliphatic rings. The zero-order chi connectivity index (χ0) is 13.0. The molecule has 0 aliphatic carbocycles. The first-order valence-electron chi connectivity index (χ1n) is 6.36. The van der Waals surface area contributed by atoms with Gasteiger partial charge >= 0.3 is 0 Å². The highest BCUT2D eigenvalue weighted by molar-refractivity contribution is 7.99. The van der Waals surface area contributed by atoms with Gasteiger partial charge in [-0.25, -0.2) is 0 Å². The lowest BCUT2D eigenvalue weighted by Gasteiger charge is -2.24. The van der Waals surface area contributed by atoms with Gasteiger partial charge in [0.1, 0.15) is 0 Å². The quantitative estimate of drug-likeness (QED) is 0.854. The van der Waals surface area contributed by atoms with Gasteiger partial charge in [0.2, 0.25) is 5.91 Å². The smallest absolute Gasteiger partial charge is 0.226 e. The number of carbonyl (C=O) groups excluding carboxylic acids is 1. The Morgan fingerprint density at radius 1 is 1.33 bits per heavy atom. The maximum Gasteiger partial charge on any atom is 0.226 e. The van der Waals surface area contributed by atoms with E-state index in [0.29, 0.717) is 12.3 Å². The van der Waals surface area contributed by atoms with Crippen LogP contribution in [-0.4, -0.2) is 24.5 Å². The summed E-state index contributed by atoms with van der Waals surface area (Å²) >= 11 is 1.99. The van der Waals surface area contributed by atoms with Crippen LogP contribution in [0.5, 0.6) is 0 Å². The van der Waals surface area contributed by atoms with E-state index in [9.17, 15) is 4.79 Å². The molecule has 0 atom stereocenters. The van der Waals surface area contributed by atoms with Crippen molar-refractivity contribution in [3.63, 3.8) is 0 Å². The lowest BCUT2D eigenvalue weighted by molar-refractivity contribution is -0.119. The first kappa shape index (κ1) is 13.3. The van der Waals surface area contributed by atoms with Crippen LogP contribution in [0.25, 0.3) is 0 Å². The minimum absolute atomic E-state index is 0.205. The zero-order valence-electron chi connectivity index (χ0n) is 10.8. The van der Waals surface area contributed by atoms with Crippen molar-refractivity contribution in [2.75, 3.05) is 29.2 Å². The molecule has 1 heterocycles. The summed E-state index contributed by atoms with van der Waals surface area (Å²) in [6, 6.07) is 7.45. The van der Waals surface area contributed by atoms with E-state index in [1.54, 1.807) is 4.90 Å². The van der Waals surface area contributed by atoms with Crippen molar-refractivity contribution in [2.24, 2.45) is 5.92 Å². The number of nitrogens with zero attached hydrogens (tertiary/aromatic N) is 1. The second-order valence-electron chi connectivity index (χ2n) is 4.80. The average Bonchev–Trinajstić information content (AvgIpc) is 2.40. The molecule has 0 unspecified atom stereocenters. The number of carbonyl (C=O) groups is 1. The van der Waals surface area contributed by atoms with E-state index in [1.165, 1.54) is 24.3 Å². The number of thioether (sulfide) groups is 1. The van der Waals surface area contributed by atoms with Gasteiger partial charge in [0, 0.05) is 24.8 Å². The van der Waals surface area contributed by atoms with Crippen molar-refractivity contribution in [3.8, 4) is 0 Å². The molecular formula is C14H20N2OS. The average molecular weight is 264 g/mol. The third-order valence-corrected chi connectivity index (χ3v) is 4.51. The largest absolute Gasteiger partial charge is 0.399 e. The number of benzene rings is 1. The molecule has 0 bridgehead atoms. The highest BCUT2D eigenvalue weighted by Crippen LogP contribution is 2.26. The van der Waals surface area contributed by atoms with Crippen LogP contribution in [0.2, 0.25) is 0 Å². The predicted molar refractivity (Wildman–Crippen MR) is 78.9 cm³/mol. The van der Waals surface area contributed by atoms with Crippen molar-refractivity contribution < 1.29 is 4.79 Å². The van der Waals surface area contributed by atoms with Gasteiger partial charge in [-0.2, -0.15) is 11.8 Å². The van der Waals surface area contributed by atoms with Gasteiger partial charge in [-0.05, 0) is 54.5 Å². The Balaban J connectivity index is 1.93. The summed E-state index contributed by atoms with van der Waals surface area (Å²) in [6.07, 6.45) is 3.01. The minimum Gasteiger partial charge on any atom is -0.399 e. The molecule has 0 radical (unpaired) electrons. The van der Waals surface area contributed by atoms with E-state index in [2.05, 4.69) is 0 Å². The number of rotatable bonds is 3. The van der Waals surface area contributed by atoms with E-state index in [0.717, 1.165) is 11.4 Å². The third kappa shape index (κ3) is 3.42. The lowest BCUT2D eigenvalue weighted by Crippen LogP contribution is -2.29. The maximum absolute atomic E-state index is 12.2. The molecule has 0 spiro atoms. The molecular weight excluding hydrogens is 244 g/mol. The first-order valence-corrected chi connectivity index (χ1v) is 7.52. The van der Waals surface area contributed by atoms with Crippen molar-refractivity contribution in [3.05, 3.63) is 24.3 Å². The maximum atomic E-state index is 12.2. The van der Waals surface area contributed by atoms with Crippen molar-refractivity contribution in [1.29, 1.82) is 0 Å². The molecule has 4 heteroatoms. The van der Waals surface area contributed by atoms with Gasteiger partial charge in [0.25, 0.3) is 0 Å². The van der Waals surface area contributed by atoms with E-state index in [4.69, 9.17) is 5.73 Å². The van der Waals surface area contributed by atoms with Gasteiger partial charge in [-0.15, -0.1) is 0 Å². The van der Waals surface area contributed by atoms with E-state index < -0.39 is 0 Å². The van der Waals surface area contributed by atoms with Crippen molar-refractivity contribution in [1.82, 2.24) is 0 Å². The number of nitrogen functional groups attached to an aromatic ring is 1. The van der Waals surface area contributed by atoms with Crippen LogP contribution in [0.3, 0.4) is 0 Å². The number of nitrogens with two attached hydrogens (primary N) is 1. The molecule has 1 aromatic rings. The number of hydrogen-bond acceptors (Lipinski definition) is 3. The summed E-state index contributed by atoms with van der Waals surface area (Å²) in [6.45, 7) is 0. The second-order valence-corrected chi connectivity index (χ2v) is 6.03. The van der Waals surface area contributed by atoms with Gasteiger partial charge in [0.15, 0.2) is 0 Å². The molecule has 18 heavy (non-hydrogen) atoms. The van der Waals surface area contributed by atoms with Gasteiger partial charge in [0.05, 0.1) is 0 Å². The summed E-state index contributed by atoms with van der Waals surface area (Å²) in [5.41, 5.74) is 7.29. The van der Waals surface area contributed by atoms with Crippen LogP contribution in [0.1, 0.15) is 19.3 Å². The molecule has 2 rings (SSSR count). The molecule has 1 aromatic carbocycles. The fraction of sp³-hybridized carbons (Fsp3) is 0.500. The van der Waals surface area contributed by atoms with Crippen LogP contribution in [-0.2, 0) is 4.79 Å². The van der Waals surface area contributed by atoms with Crippen LogP contribution in [0.4, 0.5) is 11.4 Å². The third-order valence-electron chi connectivity index (χ3n) is 3.46. The van der Waals surface area contributed by atoms with Crippen LogP contribution in [0.15, 0.2) is 24.3 Å². The van der Waals surface area contributed by atoms with Gasteiger partial charge < -0.3 is 10.6 Å². The zero-order valence-corrected chi connectivity index (χ0v) is 11.6. The number of amides is 1. The molecule has 3 nitrogen and oxygen atoms in total. The summed E-state index contributed by atoms with van der Waals surface area (Å²) < 4.78 is 0. The summed E-state index contributed by atoms with van der Waals surface area (Å²) in [7, 11) is 1.84. The minimum atomic E-state index is 0.205. The number of hydrogen-bond donors (Lipinski definition) is 1. The molecule has 1 fully saturated rings. The van der Waals surface area contributed by atoms with E-state index >= 15 is 0 Å². The van der Waals surface area contributed by atoms with E-state index in [1.807, 2.05) is 43.1 Å². The number of anilines is 2. The molecule has 98 valence electrons. The summed E-state index contributed by atoms with van der Waals surface area (Å²) in [5.74, 6) is 3.17. The fourth-order valence-electron chi connectivity index (χ4n) is 2.18. The van der Waals surface area contributed by atoms with E-state index in [-0.39, 0.29) is 5.91 Å². The Hall–Kier alpha value is -1.16. The summed E-state index contributed by atoms with van der Waals surface area (Å²) in [4.78, 5) is 13.9. The molecule has 1 aliphatic heterocycles. The second kappa shape index (κ2) is 6.14. The molecule has 1 saturated heterocycles. The topological polar surface area (TPSA) is 46.3 Å². The Labute approximate surface area is 113 Å². The fourth-order valence-corrected chi connectivity index (χ4v) is 3.38. The molecule has 2 N–H and O–H groups in total. The van der Waals surface area contributed by atoms with Crippen LogP contribution in [0, 0.1) is 5.92 Å². The van der Waals surface area contributed by atoms with Gasteiger partial charge in [-0.3, -0.25) is 4.79 Å². The Bertz CT molecular complexity index is 399. The SMILES string of the molecule is CN(C(=O)CC1CCSCC1)c1ccc(N)cc1. The predicted octanol–water partition coefficient (Wildman–Crippen LogP) is 2.76. The van der Waals surface area contributed by atoms with Crippen molar-refractivity contribution >= 4 is 29.0 Å². The molecule has 1 amide bonds. The highest BCUT2D eigenvalue weighted by atomic mass is 32.2. The van der Waals surface area contributed by atoms with Crippen LogP contribution >= 0.6 is 11.8 Å². The van der Waals surface area contributed by atoms with Gasteiger partial charge in [-0.1, -0.05) is 0 Å². The normalized spacial score (nSPS) is 16.5. The molecule has 0 aromatic heterocycles. The monoisotopic (exact) mass is 264 g/mol. The highest BCUT2D eigenvalue weighted by Gasteiger charge is 2.20.